The van der Waals surface area contributed by atoms with Gasteiger partial charge in [-0.25, -0.2) is 0 Å². The van der Waals surface area contributed by atoms with Crippen molar-refractivity contribution in [2.45, 2.75) is 12.5 Å². The number of aromatic nitrogens is 1. The van der Waals surface area contributed by atoms with Gasteiger partial charge in [-0.15, -0.1) is 0 Å². The summed E-state index contributed by atoms with van der Waals surface area (Å²) in [6.45, 7) is 0.116. The molecule has 82 valence electrons. The van der Waals surface area contributed by atoms with Crippen LogP contribution in [0.2, 0.25) is 0 Å². The smallest absolute Gasteiger partial charge is 0.326 e. The van der Waals surface area contributed by atoms with E-state index in [0.717, 1.165) is 0 Å². The molecule has 0 radical (unpaired) electrons. The van der Waals surface area contributed by atoms with Crippen molar-refractivity contribution in [3.05, 3.63) is 24.0 Å². The van der Waals surface area contributed by atoms with Gasteiger partial charge in [-0.1, -0.05) is 0 Å². The van der Waals surface area contributed by atoms with Crippen molar-refractivity contribution in [2.24, 2.45) is 0 Å². The molecule has 0 saturated heterocycles. The summed E-state index contributed by atoms with van der Waals surface area (Å²) in [5.41, 5.74) is 0.507. The Morgan fingerprint density at radius 3 is 2.67 bits per heavy atom. The van der Waals surface area contributed by atoms with Crippen LogP contribution in [-0.2, 0) is 9.59 Å². The van der Waals surface area contributed by atoms with E-state index in [1.165, 1.54) is 0 Å². The van der Waals surface area contributed by atoms with Gasteiger partial charge in [0, 0.05) is 18.4 Å². The molecule has 0 aliphatic heterocycles. The lowest BCUT2D eigenvalue weighted by atomic mass is 10.2. The molecule has 1 aromatic heterocycles. The Morgan fingerprint density at radius 1 is 1.47 bits per heavy atom. The molecule has 1 unspecified atom stereocenters. The summed E-state index contributed by atoms with van der Waals surface area (Å²) in [5.74, 6) is -2.00. The zero-order valence-electron chi connectivity index (χ0n) is 7.93. The lowest BCUT2D eigenvalue weighted by Gasteiger charge is -2.11. The van der Waals surface area contributed by atoms with Gasteiger partial charge in [0.2, 0.25) is 0 Å². The number of aromatic amines is 1. The van der Waals surface area contributed by atoms with Crippen LogP contribution in [0.3, 0.4) is 0 Å². The second-order valence-electron chi connectivity index (χ2n) is 2.99. The first kappa shape index (κ1) is 11.3. The monoisotopic (exact) mass is 212 g/mol. The molecule has 6 nitrogen and oxygen atoms in total. The van der Waals surface area contributed by atoms with Crippen molar-refractivity contribution in [1.29, 1.82) is 0 Å². The van der Waals surface area contributed by atoms with Crippen molar-refractivity contribution in [3.63, 3.8) is 0 Å². The highest BCUT2D eigenvalue weighted by atomic mass is 16.4. The van der Waals surface area contributed by atoms with Crippen LogP contribution in [0.4, 0.5) is 0 Å². The number of carboxylic acids is 2. The van der Waals surface area contributed by atoms with Crippen molar-refractivity contribution < 1.29 is 19.8 Å². The van der Waals surface area contributed by atoms with E-state index in [4.69, 9.17) is 10.2 Å². The molecule has 0 bridgehead atoms. The standard InChI is InChI=1S/C9H12N2O4/c12-7(13)3-5-11-8(9(14)15)6-2-1-4-10-6/h1-2,4,8,10-11H,3,5H2,(H,12,13)(H,14,15). The third-order valence-corrected chi connectivity index (χ3v) is 1.87. The molecular weight excluding hydrogens is 200 g/mol. The molecule has 0 aliphatic carbocycles. The molecule has 15 heavy (non-hydrogen) atoms. The van der Waals surface area contributed by atoms with Gasteiger partial charge in [0.15, 0.2) is 0 Å². The minimum Gasteiger partial charge on any atom is -0.481 e. The fourth-order valence-corrected chi connectivity index (χ4v) is 1.18. The molecule has 1 aromatic rings. The Hall–Kier alpha value is -1.82. The maximum Gasteiger partial charge on any atom is 0.326 e. The van der Waals surface area contributed by atoms with E-state index >= 15 is 0 Å². The van der Waals surface area contributed by atoms with Crippen LogP contribution in [0.25, 0.3) is 0 Å². The maximum atomic E-state index is 10.8. The van der Waals surface area contributed by atoms with Crippen LogP contribution in [0.1, 0.15) is 18.2 Å². The molecule has 0 amide bonds. The van der Waals surface area contributed by atoms with Crippen LogP contribution in [-0.4, -0.2) is 33.7 Å². The van der Waals surface area contributed by atoms with E-state index in [-0.39, 0.29) is 13.0 Å². The van der Waals surface area contributed by atoms with Gasteiger partial charge in [-0.3, -0.25) is 14.9 Å². The van der Waals surface area contributed by atoms with Gasteiger partial charge in [-0.2, -0.15) is 0 Å². The largest absolute Gasteiger partial charge is 0.481 e. The quantitative estimate of drug-likeness (QED) is 0.539. The van der Waals surface area contributed by atoms with Crippen molar-refractivity contribution in [1.82, 2.24) is 10.3 Å². The van der Waals surface area contributed by atoms with Gasteiger partial charge in [0.1, 0.15) is 6.04 Å². The number of H-pyrrole nitrogens is 1. The summed E-state index contributed by atoms with van der Waals surface area (Å²) in [4.78, 5) is 23.9. The number of hydrogen-bond acceptors (Lipinski definition) is 3. The zero-order valence-corrected chi connectivity index (χ0v) is 7.93. The fourth-order valence-electron chi connectivity index (χ4n) is 1.18. The normalized spacial score (nSPS) is 12.3. The lowest BCUT2D eigenvalue weighted by molar-refractivity contribution is -0.141. The van der Waals surface area contributed by atoms with E-state index in [1.54, 1.807) is 18.3 Å². The maximum absolute atomic E-state index is 10.8. The van der Waals surface area contributed by atoms with E-state index in [9.17, 15) is 9.59 Å². The predicted octanol–water partition coefficient (Wildman–Crippen LogP) is 0.205. The molecule has 1 heterocycles. The summed E-state index contributed by atoms with van der Waals surface area (Å²) < 4.78 is 0. The first-order valence-electron chi connectivity index (χ1n) is 4.42. The highest BCUT2D eigenvalue weighted by Gasteiger charge is 2.19. The van der Waals surface area contributed by atoms with E-state index in [2.05, 4.69) is 10.3 Å². The Bertz CT molecular complexity index is 334. The van der Waals surface area contributed by atoms with Gasteiger partial charge < -0.3 is 15.2 Å². The molecule has 0 aromatic carbocycles. The van der Waals surface area contributed by atoms with Gasteiger partial charge >= 0.3 is 11.9 Å². The van der Waals surface area contributed by atoms with Crippen LogP contribution in [0, 0.1) is 0 Å². The van der Waals surface area contributed by atoms with E-state index in [1.807, 2.05) is 0 Å². The van der Waals surface area contributed by atoms with Crippen LogP contribution in [0.5, 0.6) is 0 Å². The first-order chi connectivity index (χ1) is 7.11. The summed E-state index contributed by atoms with van der Waals surface area (Å²) in [7, 11) is 0. The number of carboxylic acid groups (broad SMARTS) is 2. The van der Waals surface area contributed by atoms with Gasteiger partial charge in [0.25, 0.3) is 0 Å². The van der Waals surface area contributed by atoms with Gasteiger partial charge in [-0.05, 0) is 12.1 Å². The highest BCUT2D eigenvalue weighted by Crippen LogP contribution is 2.09. The van der Waals surface area contributed by atoms with E-state index < -0.39 is 18.0 Å². The van der Waals surface area contributed by atoms with Crippen molar-refractivity contribution in [3.8, 4) is 0 Å². The highest BCUT2D eigenvalue weighted by molar-refractivity contribution is 5.75. The molecule has 6 heteroatoms. The van der Waals surface area contributed by atoms with E-state index in [0.29, 0.717) is 5.69 Å². The second-order valence-corrected chi connectivity index (χ2v) is 2.99. The lowest BCUT2D eigenvalue weighted by Crippen LogP contribution is -2.30. The third-order valence-electron chi connectivity index (χ3n) is 1.87. The Kier molecular flexibility index (Phi) is 3.87. The average molecular weight is 212 g/mol. The molecule has 0 fully saturated rings. The predicted molar refractivity (Wildman–Crippen MR) is 51.4 cm³/mol. The number of aliphatic carboxylic acids is 2. The van der Waals surface area contributed by atoms with Crippen LogP contribution < -0.4 is 5.32 Å². The fraction of sp³-hybridized carbons (Fsp3) is 0.333. The minimum atomic E-state index is -1.04. The summed E-state index contributed by atoms with van der Waals surface area (Å²) >= 11 is 0. The summed E-state index contributed by atoms with van der Waals surface area (Å²) in [6, 6.07) is 2.43. The third kappa shape index (κ3) is 3.43. The van der Waals surface area contributed by atoms with Crippen molar-refractivity contribution in [2.75, 3.05) is 6.54 Å². The molecule has 4 N–H and O–H groups in total. The molecule has 0 aliphatic rings. The van der Waals surface area contributed by atoms with Gasteiger partial charge in [0.05, 0.1) is 6.42 Å². The van der Waals surface area contributed by atoms with Crippen LogP contribution in [0.15, 0.2) is 18.3 Å². The van der Waals surface area contributed by atoms with Crippen molar-refractivity contribution >= 4 is 11.9 Å². The molecule has 0 spiro atoms. The summed E-state index contributed by atoms with van der Waals surface area (Å²) in [6.07, 6.45) is 1.51. The Labute approximate surface area is 85.9 Å². The zero-order chi connectivity index (χ0) is 11.3. The molecule has 1 rings (SSSR count). The second kappa shape index (κ2) is 5.16. The average Bonchev–Trinajstić information content (AvgIpc) is 2.63. The molecular formula is C9H12N2O4. The number of carbonyl (C=O) groups is 2. The molecule has 1 atom stereocenters. The Morgan fingerprint density at radius 2 is 2.20 bits per heavy atom. The minimum absolute atomic E-state index is 0.107. The topological polar surface area (TPSA) is 102 Å². The summed E-state index contributed by atoms with van der Waals surface area (Å²) in [5, 5.41) is 19.9. The molecule has 0 saturated carbocycles. The first-order valence-corrected chi connectivity index (χ1v) is 4.42. The number of hydrogen-bond donors (Lipinski definition) is 4. The Balaban J connectivity index is 2.53. The number of nitrogens with one attached hydrogen (secondary N) is 2. The SMILES string of the molecule is O=C(O)CCNC(C(=O)O)c1ccc[nH]1. The number of rotatable bonds is 6. The van der Waals surface area contributed by atoms with Crippen LogP contribution >= 0.6 is 0 Å².